The van der Waals surface area contributed by atoms with Crippen molar-refractivity contribution < 1.29 is 9.53 Å². The van der Waals surface area contributed by atoms with Crippen molar-refractivity contribution in [1.29, 1.82) is 0 Å². The number of nitrogen functional groups attached to an aromatic ring is 1. The number of rotatable bonds is 4. The molecule has 0 spiro atoms. The third-order valence-electron chi connectivity index (χ3n) is 4.23. The fraction of sp³-hybridized carbons (Fsp3) is 0.562. The van der Waals surface area contributed by atoms with Crippen molar-refractivity contribution in [2.24, 2.45) is 5.41 Å². The Balaban J connectivity index is 1.96. The maximum Gasteiger partial charge on any atom is 0.251 e. The Hall–Kier alpha value is -1.71. The molecule has 1 aliphatic carbocycles. The normalized spacial score (nSPS) is 17.5. The van der Waals surface area contributed by atoms with Gasteiger partial charge < -0.3 is 15.8 Å². The number of benzene rings is 1. The van der Waals surface area contributed by atoms with Gasteiger partial charge in [-0.05, 0) is 36.5 Å². The predicted molar refractivity (Wildman–Crippen MR) is 80.9 cm³/mol. The van der Waals surface area contributed by atoms with Crippen LogP contribution in [0.25, 0.3) is 0 Å². The molecule has 0 bridgehead atoms. The number of carbonyl (C=O) groups is 1. The third kappa shape index (κ3) is 3.44. The first kappa shape index (κ1) is 14.7. The first-order valence-corrected chi connectivity index (χ1v) is 7.26. The van der Waals surface area contributed by atoms with Gasteiger partial charge in [0, 0.05) is 12.1 Å². The molecule has 1 amide bonds. The number of hydrogen-bond acceptors (Lipinski definition) is 3. The topological polar surface area (TPSA) is 64.3 Å². The summed E-state index contributed by atoms with van der Waals surface area (Å²) in [5.41, 5.74) is 7.15. The summed E-state index contributed by atoms with van der Waals surface area (Å²) < 4.78 is 5.09. The van der Waals surface area contributed by atoms with Crippen LogP contribution in [-0.2, 0) is 0 Å². The molecule has 0 saturated heterocycles. The maximum atomic E-state index is 12.2. The molecule has 1 saturated carbocycles. The summed E-state index contributed by atoms with van der Waals surface area (Å²) >= 11 is 0. The van der Waals surface area contributed by atoms with E-state index in [2.05, 4.69) is 12.2 Å². The van der Waals surface area contributed by atoms with Gasteiger partial charge in [0.1, 0.15) is 5.75 Å². The van der Waals surface area contributed by atoms with Gasteiger partial charge in [0.05, 0.1) is 12.8 Å². The molecule has 1 aliphatic rings. The predicted octanol–water partition coefficient (Wildman–Crippen LogP) is 2.98. The molecular formula is C16H24N2O2. The van der Waals surface area contributed by atoms with Gasteiger partial charge >= 0.3 is 0 Å². The van der Waals surface area contributed by atoms with Crippen LogP contribution >= 0.6 is 0 Å². The van der Waals surface area contributed by atoms with Crippen molar-refractivity contribution in [3.63, 3.8) is 0 Å². The molecule has 110 valence electrons. The summed E-state index contributed by atoms with van der Waals surface area (Å²) in [7, 11) is 1.56. The maximum absolute atomic E-state index is 12.2. The van der Waals surface area contributed by atoms with E-state index in [0.717, 1.165) is 6.54 Å². The second-order valence-corrected chi connectivity index (χ2v) is 6.01. The van der Waals surface area contributed by atoms with Gasteiger partial charge in [-0.25, -0.2) is 0 Å². The zero-order valence-corrected chi connectivity index (χ0v) is 12.4. The first-order chi connectivity index (χ1) is 9.54. The lowest BCUT2D eigenvalue weighted by molar-refractivity contribution is 0.0919. The summed E-state index contributed by atoms with van der Waals surface area (Å²) in [4.78, 5) is 12.2. The molecule has 0 aliphatic heterocycles. The van der Waals surface area contributed by atoms with Crippen molar-refractivity contribution in [2.75, 3.05) is 19.4 Å². The molecule has 0 radical (unpaired) electrons. The number of hydrogen-bond donors (Lipinski definition) is 2. The number of nitrogens with two attached hydrogens (primary N) is 1. The quantitative estimate of drug-likeness (QED) is 0.831. The highest BCUT2D eigenvalue weighted by atomic mass is 16.5. The number of amides is 1. The summed E-state index contributed by atoms with van der Waals surface area (Å²) in [5, 5.41) is 3.04. The standard InChI is InChI=1S/C16H24N2O2/c1-16(8-4-3-5-9-16)11-18-15(19)12-6-7-14(20-2)13(17)10-12/h6-7,10H,3-5,8-9,11,17H2,1-2H3,(H,18,19). The largest absolute Gasteiger partial charge is 0.495 e. The molecule has 0 atom stereocenters. The lowest BCUT2D eigenvalue weighted by Gasteiger charge is -2.33. The molecule has 0 heterocycles. The van der Waals surface area contributed by atoms with Gasteiger partial charge in [0.15, 0.2) is 0 Å². The number of nitrogens with one attached hydrogen (secondary N) is 1. The van der Waals surface area contributed by atoms with E-state index < -0.39 is 0 Å². The van der Waals surface area contributed by atoms with Gasteiger partial charge in [0.25, 0.3) is 5.91 Å². The van der Waals surface area contributed by atoms with Crippen LogP contribution in [0.15, 0.2) is 18.2 Å². The fourth-order valence-corrected chi connectivity index (χ4v) is 2.85. The van der Waals surface area contributed by atoms with Gasteiger partial charge in [-0.1, -0.05) is 26.2 Å². The highest BCUT2D eigenvalue weighted by Crippen LogP contribution is 2.35. The highest BCUT2D eigenvalue weighted by Gasteiger charge is 2.27. The minimum atomic E-state index is -0.0637. The van der Waals surface area contributed by atoms with E-state index in [-0.39, 0.29) is 11.3 Å². The van der Waals surface area contributed by atoms with Gasteiger partial charge in [-0.2, -0.15) is 0 Å². The Morgan fingerprint density at radius 3 is 2.65 bits per heavy atom. The molecular weight excluding hydrogens is 252 g/mol. The van der Waals surface area contributed by atoms with E-state index >= 15 is 0 Å². The molecule has 2 rings (SSSR count). The van der Waals surface area contributed by atoms with Crippen molar-refractivity contribution in [3.05, 3.63) is 23.8 Å². The molecule has 0 unspecified atom stereocenters. The minimum Gasteiger partial charge on any atom is -0.495 e. The van der Waals surface area contributed by atoms with Crippen LogP contribution in [-0.4, -0.2) is 19.6 Å². The van der Waals surface area contributed by atoms with E-state index in [9.17, 15) is 4.79 Å². The number of anilines is 1. The monoisotopic (exact) mass is 276 g/mol. The molecule has 0 aromatic heterocycles. The van der Waals surface area contributed by atoms with Crippen molar-refractivity contribution in [3.8, 4) is 5.75 Å². The Morgan fingerprint density at radius 1 is 1.35 bits per heavy atom. The van der Waals surface area contributed by atoms with Crippen LogP contribution in [0, 0.1) is 5.41 Å². The van der Waals surface area contributed by atoms with Gasteiger partial charge in [-0.15, -0.1) is 0 Å². The summed E-state index contributed by atoms with van der Waals surface area (Å²) in [5.74, 6) is 0.534. The molecule has 20 heavy (non-hydrogen) atoms. The van der Waals surface area contributed by atoms with E-state index in [4.69, 9.17) is 10.5 Å². The second-order valence-electron chi connectivity index (χ2n) is 6.01. The molecule has 4 nitrogen and oxygen atoms in total. The highest BCUT2D eigenvalue weighted by molar-refractivity contribution is 5.95. The second kappa shape index (κ2) is 6.16. The van der Waals surface area contributed by atoms with Crippen LogP contribution < -0.4 is 15.8 Å². The SMILES string of the molecule is COc1ccc(C(=O)NCC2(C)CCCCC2)cc1N. The number of methoxy groups -OCH3 is 1. The summed E-state index contributed by atoms with van der Waals surface area (Å²) in [6, 6.07) is 5.14. The van der Waals surface area contributed by atoms with E-state index in [1.807, 2.05) is 0 Å². The third-order valence-corrected chi connectivity index (χ3v) is 4.23. The Labute approximate surface area is 120 Å². The average Bonchev–Trinajstić information content (AvgIpc) is 2.45. The molecule has 1 fully saturated rings. The van der Waals surface area contributed by atoms with Crippen LogP contribution in [0.1, 0.15) is 49.4 Å². The summed E-state index contributed by atoms with van der Waals surface area (Å²) in [6.45, 7) is 2.99. The van der Waals surface area contributed by atoms with Gasteiger partial charge in [0.2, 0.25) is 0 Å². The molecule has 4 heteroatoms. The first-order valence-electron chi connectivity index (χ1n) is 7.26. The van der Waals surface area contributed by atoms with Gasteiger partial charge in [-0.3, -0.25) is 4.79 Å². The number of ether oxygens (including phenoxy) is 1. The van der Waals surface area contributed by atoms with Crippen molar-refractivity contribution in [1.82, 2.24) is 5.32 Å². The minimum absolute atomic E-state index is 0.0637. The van der Waals surface area contributed by atoms with Crippen LogP contribution in [0.4, 0.5) is 5.69 Å². The zero-order chi connectivity index (χ0) is 14.6. The average molecular weight is 276 g/mol. The van der Waals surface area contributed by atoms with Crippen LogP contribution in [0.3, 0.4) is 0 Å². The zero-order valence-electron chi connectivity index (χ0n) is 12.4. The Bertz CT molecular complexity index is 479. The van der Waals surface area contributed by atoms with Crippen LogP contribution in [0.2, 0.25) is 0 Å². The van der Waals surface area contributed by atoms with E-state index in [0.29, 0.717) is 17.0 Å². The van der Waals surface area contributed by atoms with E-state index in [1.54, 1.807) is 25.3 Å². The fourth-order valence-electron chi connectivity index (χ4n) is 2.85. The van der Waals surface area contributed by atoms with E-state index in [1.165, 1.54) is 32.1 Å². The van der Waals surface area contributed by atoms with Crippen molar-refractivity contribution >= 4 is 11.6 Å². The smallest absolute Gasteiger partial charge is 0.251 e. The Morgan fingerprint density at radius 2 is 2.05 bits per heavy atom. The molecule has 3 N–H and O–H groups in total. The lowest BCUT2D eigenvalue weighted by Crippen LogP contribution is -2.37. The van der Waals surface area contributed by atoms with Crippen molar-refractivity contribution in [2.45, 2.75) is 39.0 Å². The lowest BCUT2D eigenvalue weighted by atomic mass is 9.76. The number of carbonyl (C=O) groups excluding carboxylic acids is 1. The molecule has 1 aromatic rings. The Kier molecular flexibility index (Phi) is 4.53. The molecule has 1 aromatic carbocycles. The van der Waals surface area contributed by atoms with Crippen LogP contribution in [0.5, 0.6) is 5.75 Å². The summed E-state index contributed by atoms with van der Waals surface area (Å²) in [6.07, 6.45) is 6.23.